The van der Waals surface area contributed by atoms with E-state index < -0.39 is 0 Å². The molecule has 0 aliphatic rings. The van der Waals surface area contributed by atoms with Crippen LogP contribution in [0.2, 0.25) is 0 Å². The lowest BCUT2D eigenvalue weighted by atomic mass is 10.1. The maximum atomic E-state index is 4.85. The van der Waals surface area contributed by atoms with Crippen LogP contribution >= 0.6 is 15.9 Å². The predicted octanol–water partition coefficient (Wildman–Crippen LogP) is 5.09. The highest BCUT2D eigenvalue weighted by Gasteiger charge is 2.14. The smallest absolute Gasteiger partial charge is 0.138 e. The standard InChI is InChI=1S/C19H11BrN4/c20-12-7-5-11(6-8-12)19-23-17-13-3-1-9-21-15(13)16-14(18(17)24-19)4-2-10-22-16/h1-10H,(H,23,24). The molecule has 0 fully saturated rings. The largest absolute Gasteiger partial charge is 0.337 e. The van der Waals surface area contributed by atoms with E-state index in [0.29, 0.717) is 0 Å². The number of H-pyrrole nitrogens is 1. The Bertz CT molecular complexity index is 1140. The third-order valence-corrected chi connectivity index (χ3v) is 4.71. The lowest BCUT2D eigenvalue weighted by molar-refractivity contribution is 1.34. The van der Waals surface area contributed by atoms with Gasteiger partial charge in [0.2, 0.25) is 0 Å². The Labute approximate surface area is 145 Å². The van der Waals surface area contributed by atoms with Crippen LogP contribution in [0, 0.1) is 0 Å². The molecule has 0 aliphatic carbocycles. The Balaban J connectivity index is 1.93. The molecule has 5 aromatic rings. The fourth-order valence-electron chi connectivity index (χ4n) is 3.09. The van der Waals surface area contributed by atoms with E-state index in [1.165, 1.54) is 0 Å². The zero-order valence-electron chi connectivity index (χ0n) is 12.5. The minimum Gasteiger partial charge on any atom is -0.337 e. The molecule has 4 nitrogen and oxygen atoms in total. The molecule has 0 amide bonds. The molecular formula is C19H11BrN4. The lowest BCUT2D eigenvalue weighted by Crippen LogP contribution is -1.86. The van der Waals surface area contributed by atoms with Gasteiger partial charge in [-0.25, -0.2) is 4.98 Å². The van der Waals surface area contributed by atoms with E-state index in [2.05, 4.69) is 36.9 Å². The second kappa shape index (κ2) is 5.11. The average molecular weight is 375 g/mol. The highest BCUT2D eigenvalue weighted by atomic mass is 79.9. The van der Waals surface area contributed by atoms with Gasteiger partial charge in [0.1, 0.15) is 5.82 Å². The van der Waals surface area contributed by atoms with Crippen LogP contribution in [-0.2, 0) is 0 Å². The second-order valence-electron chi connectivity index (χ2n) is 5.62. The number of imidazole rings is 1. The monoisotopic (exact) mass is 374 g/mol. The summed E-state index contributed by atoms with van der Waals surface area (Å²) in [6.07, 6.45) is 3.60. The Hall–Kier alpha value is -2.79. The summed E-state index contributed by atoms with van der Waals surface area (Å²) in [5, 5.41) is 2.05. The van der Waals surface area contributed by atoms with Crippen LogP contribution in [0.25, 0.3) is 44.2 Å². The number of pyridine rings is 2. The molecule has 0 saturated carbocycles. The number of hydrogen-bond donors (Lipinski definition) is 1. The molecule has 0 spiro atoms. The van der Waals surface area contributed by atoms with Crippen molar-refractivity contribution in [2.45, 2.75) is 0 Å². The van der Waals surface area contributed by atoms with Crippen molar-refractivity contribution >= 4 is 48.8 Å². The van der Waals surface area contributed by atoms with E-state index in [9.17, 15) is 0 Å². The van der Waals surface area contributed by atoms with Crippen molar-refractivity contribution in [2.75, 3.05) is 0 Å². The normalized spacial score (nSPS) is 11.5. The third kappa shape index (κ3) is 1.95. The van der Waals surface area contributed by atoms with Crippen molar-refractivity contribution in [3.63, 3.8) is 0 Å². The molecule has 2 aromatic carbocycles. The highest BCUT2D eigenvalue weighted by Crippen LogP contribution is 2.33. The Morgan fingerprint density at radius 2 is 1.42 bits per heavy atom. The molecule has 3 aromatic heterocycles. The van der Waals surface area contributed by atoms with E-state index >= 15 is 0 Å². The minimum atomic E-state index is 0.846. The van der Waals surface area contributed by atoms with E-state index in [4.69, 9.17) is 4.98 Å². The molecule has 0 aliphatic heterocycles. The number of rotatable bonds is 1. The number of nitrogens with one attached hydrogen (secondary N) is 1. The molecule has 114 valence electrons. The maximum absolute atomic E-state index is 4.85. The molecule has 0 atom stereocenters. The van der Waals surface area contributed by atoms with Crippen LogP contribution in [0.3, 0.4) is 0 Å². The van der Waals surface area contributed by atoms with Gasteiger partial charge in [-0.15, -0.1) is 0 Å². The molecule has 0 radical (unpaired) electrons. The molecule has 5 rings (SSSR count). The number of fused-ring (bicyclic) bond motifs is 6. The van der Waals surface area contributed by atoms with Crippen LogP contribution in [0.15, 0.2) is 65.4 Å². The fourth-order valence-corrected chi connectivity index (χ4v) is 3.35. The first-order valence-electron chi connectivity index (χ1n) is 7.58. The average Bonchev–Trinajstić information content (AvgIpc) is 3.08. The van der Waals surface area contributed by atoms with Crippen LogP contribution in [0.4, 0.5) is 0 Å². The molecule has 0 saturated heterocycles. The number of hydrogen-bond acceptors (Lipinski definition) is 3. The SMILES string of the molecule is Brc1ccc(-c2nc3c4cccnc4c4ncccc4c3[nH]2)cc1. The number of halogens is 1. The van der Waals surface area contributed by atoms with E-state index in [1.54, 1.807) is 12.4 Å². The van der Waals surface area contributed by atoms with Crippen LogP contribution in [-0.4, -0.2) is 19.9 Å². The van der Waals surface area contributed by atoms with Crippen molar-refractivity contribution in [2.24, 2.45) is 0 Å². The maximum Gasteiger partial charge on any atom is 0.138 e. The number of nitrogens with zero attached hydrogens (tertiary/aromatic N) is 3. The summed E-state index contributed by atoms with van der Waals surface area (Å²) in [4.78, 5) is 17.4. The summed E-state index contributed by atoms with van der Waals surface area (Å²) in [6, 6.07) is 16.1. The first-order valence-corrected chi connectivity index (χ1v) is 8.37. The van der Waals surface area contributed by atoms with Gasteiger partial charge in [-0.2, -0.15) is 0 Å². The van der Waals surface area contributed by atoms with Gasteiger partial charge < -0.3 is 4.98 Å². The van der Waals surface area contributed by atoms with E-state index in [1.807, 2.05) is 42.5 Å². The molecule has 1 N–H and O–H groups in total. The predicted molar refractivity (Wildman–Crippen MR) is 99.8 cm³/mol. The molecule has 0 unspecified atom stereocenters. The second-order valence-corrected chi connectivity index (χ2v) is 6.53. The molecular weight excluding hydrogens is 364 g/mol. The van der Waals surface area contributed by atoms with Gasteiger partial charge in [-0.3, -0.25) is 9.97 Å². The number of aromatic nitrogens is 4. The van der Waals surface area contributed by atoms with Crippen molar-refractivity contribution < 1.29 is 0 Å². The zero-order valence-corrected chi connectivity index (χ0v) is 14.1. The van der Waals surface area contributed by atoms with Crippen LogP contribution in [0.5, 0.6) is 0 Å². The van der Waals surface area contributed by atoms with Gasteiger partial charge in [0.25, 0.3) is 0 Å². The van der Waals surface area contributed by atoms with Gasteiger partial charge in [0.05, 0.1) is 22.1 Å². The molecule has 5 heteroatoms. The topological polar surface area (TPSA) is 54.5 Å². The summed E-state index contributed by atoms with van der Waals surface area (Å²) in [7, 11) is 0. The van der Waals surface area contributed by atoms with Gasteiger partial charge >= 0.3 is 0 Å². The summed E-state index contributed by atoms with van der Waals surface area (Å²) in [5.74, 6) is 0.846. The van der Waals surface area contributed by atoms with Gasteiger partial charge in [0.15, 0.2) is 0 Å². The zero-order chi connectivity index (χ0) is 16.1. The van der Waals surface area contributed by atoms with Crippen molar-refractivity contribution in [1.82, 2.24) is 19.9 Å². The van der Waals surface area contributed by atoms with E-state index in [-0.39, 0.29) is 0 Å². The Kier molecular flexibility index (Phi) is 2.90. The number of aromatic amines is 1. The first kappa shape index (κ1) is 13.6. The summed E-state index contributed by atoms with van der Waals surface area (Å²) in [6.45, 7) is 0. The first-order chi connectivity index (χ1) is 11.8. The van der Waals surface area contributed by atoms with Crippen molar-refractivity contribution in [1.29, 1.82) is 0 Å². The van der Waals surface area contributed by atoms with Crippen molar-refractivity contribution in [3.8, 4) is 11.4 Å². The fraction of sp³-hybridized carbons (Fsp3) is 0. The van der Waals surface area contributed by atoms with Crippen LogP contribution < -0.4 is 0 Å². The molecule has 3 heterocycles. The Morgan fingerprint density at radius 3 is 2.17 bits per heavy atom. The quantitative estimate of drug-likeness (QED) is 0.415. The van der Waals surface area contributed by atoms with Gasteiger partial charge in [-0.1, -0.05) is 28.1 Å². The lowest BCUT2D eigenvalue weighted by Gasteiger charge is -2.03. The van der Waals surface area contributed by atoms with Crippen LogP contribution in [0.1, 0.15) is 0 Å². The summed E-state index contributed by atoms with van der Waals surface area (Å²) < 4.78 is 1.05. The van der Waals surface area contributed by atoms with Gasteiger partial charge in [0, 0.05) is 33.2 Å². The van der Waals surface area contributed by atoms with Crippen molar-refractivity contribution in [3.05, 3.63) is 65.4 Å². The highest BCUT2D eigenvalue weighted by molar-refractivity contribution is 9.10. The molecule has 0 bridgehead atoms. The minimum absolute atomic E-state index is 0.846. The Morgan fingerprint density at radius 1 is 0.750 bits per heavy atom. The van der Waals surface area contributed by atoms with Gasteiger partial charge in [-0.05, 0) is 36.4 Å². The summed E-state index contributed by atoms with van der Waals surface area (Å²) in [5.41, 5.74) is 4.75. The number of benzene rings is 2. The molecule has 24 heavy (non-hydrogen) atoms. The van der Waals surface area contributed by atoms with E-state index in [0.717, 1.165) is 48.7 Å². The summed E-state index contributed by atoms with van der Waals surface area (Å²) >= 11 is 3.47. The third-order valence-electron chi connectivity index (χ3n) is 4.19.